The lowest BCUT2D eigenvalue weighted by atomic mass is 10.2. The smallest absolute Gasteiger partial charge is 0.263 e. The largest absolute Gasteiger partial charge is 0.339 e. The molecule has 1 aliphatic heterocycles. The van der Waals surface area contributed by atoms with Gasteiger partial charge in [-0.15, -0.1) is 11.3 Å². The summed E-state index contributed by atoms with van der Waals surface area (Å²) in [6.45, 7) is 11.3. The summed E-state index contributed by atoms with van der Waals surface area (Å²) >= 11 is 2.93. The number of likely N-dealkylation sites (N-methyl/N-ethyl adjacent to an activating group) is 1. The number of thioether (sulfide) groups is 1. The molecule has 2 aromatic heterocycles. The minimum Gasteiger partial charge on any atom is -0.339 e. The molecule has 3 rings (SSSR count). The number of rotatable bonds is 4. The van der Waals surface area contributed by atoms with Gasteiger partial charge in [0.25, 0.3) is 5.56 Å². The fourth-order valence-electron chi connectivity index (χ4n) is 3.12. The number of piperazine rings is 1. The molecule has 1 fully saturated rings. The Morgan fingerprint density at radius 1 is 1.23 bits per heavy atom. The van der Waals surface area contributed by atoms with E-state index in [4.69, 9.17) is 4.98 Å². The average molecular weight is 395 g/mol. The molecule has 0 spiro atoms. The predicted octanol–water partition coefficient (Wildman–Crippen LogP) is 2.52. The molecular formula is C18H26N4O2S2. The van der Waals surface area contributed by atoms with Crippen LogP contribution in [0.3, 0.4) is 0 Å². The third kappa shape index (κ3) is 3.68. The van der Waals surface area contributed by atoms with E-state index >= 15 is 0 Å². The van der Waals surface area contributed by atoms with Crippen LogP contribution in [0.5, 0.6) is 0 Å². The highest BCUT2D eigenvalue weighted by Gasteiger charge is 2.22. The van der Waals surface area contributed by atoms with Crippen molar-refractivity contribution in [1.82, 2.24) is 19.4 Å². The first-order valence-corrected chi connectivity index (χ1v) is 10.7. The Balaban J connectivity index is 1.86. The van der Waals surface area contributed by atoms with Crippen LogP contribution in [0.2, 0.25) is 0 Å². The van der Waals surface area contributed by atoms with Crippen LogP contribution in [-0.4, -0.2) is 64.2 Å². The minimum atomic E-state index is 0.000226. The zero-order valence-corrected chi connectivity index (χ0v) is 17.7. The number of carbonyl (C=O) groups is 1. The second-order valence-electron chi connectivity index (χ2n) is 7.10. The maximum absolute atomic E-state index is 13.0. The number of carbonyl (C=O) groups excluding carboxylic acids is 1. The number of hydrogen-bond donors (Lipinski definition) is 0. The van der Waals surface area contributed by atoms with Gasteiger partial charge >= 0.3 is 0 Å². The number of amides is 1. The van der Waals surface area contributed by atoms with Gasteiger partial charge in [0.15, 0.2) is 5.16 Å². The molecule has 0 unspecified atom stereocenters. The van der Waals surface area contributed by atoms with Gasteiger partial charge in [0.2, 0.25) is 5.91 Å². The third-order valence-electron chi connectivity index (χ3n) is 4.90. The van der Waals surface area contributed by atoms with Crippen LogP contribution in [0.25, 0.3) is 10.2 Å². The van der Waals surface area contributed by atoms with Crippen LogP contribution in [0.4, 0.5) is 0 Å². The summed E-state index contributed by atoms with van der Waals surface area (Å²) in [4.78, 5) is 36.3. The quantitative estimate of drug-likeness (QED) is 0.589. The fraction of sp³-hybridized carbons (Fsp3) is 0.611. The summed E-state index contributed by atoms with van der Waals surface area (Å²) in [5.41, 5.74) is 1.02. The van der Waals surface area contributed by atoms with E-state index in [0.29, 0.717) is 10.9 Å². The van der Waals surface area contributed by atoms with Crippen molar-refractivity contribution >= 4 is 39.2 Å². The molecule has 1 aliphatic rings. The maximum atomic E-state index is 13.0. The van der Waals surface area contributed by atoms with Crippen LogP contribution in [0.1, 0.15) is 30.3 Å². The van der Waals surface area contributed by atoms with Gasteiger partial charge in [-0.2, -0.15) is 0 Å². The predicted molar refractivity (Wildman–Crippen MR) is 109 cm³/mol. The van der Waals surface area contributed by atoms with Gasteiger partial charge in [-0.1, -0.05) is 11.8 Å². The molecule has 1 saturated heterocycles. The summed E-state index contributed by atoms with van der Waals surface area (Å²) in [7, 11) is 2.07. The van der Waals surface area contributed by atoms with Gasteiger partial charge < -0.3 is 9.80 Å². The van der Waals surface area contributed by atoms with E-state index in [1.165, 1.54) is 11.8 Å². The van der Waals surface area contributed by atoms with Crippen molar-refractivity contribution in [1.29, 1.82) is 0 Å². The average Bonchev–Trinajstić information content (AvgIpc) is 2.87. The van der Waals surface area contributed by atoms with Gasteiger partial charge in [0.1, 0.15) is 4.83 Å². The molecule has 0 bridgehead atoms. The first kappa shape index (κ1) is 19.4. The Labute approximate surface area is 162 Å². The van der Waals surface area contributed by atoms with E-state index in [2.05, 4.69) is 11.9 Å². The number of fused-ring (bicyclic) bond motifs is 1. The number of aryl methyl sites for hydroxylation is 2. The normalized spacial score (nSPS) is 16.0. The van der Waals surface area contributed by atoms with Crippen molar-refractivity contribution in [3.8, 4) is 0 Å². The summed E-state index contributed by atoms with van der Waals surface area (Å²) in [5, 5.41) is 1.36. The zero-order chi connectivity index (χ0) is 19.0. The van der Waals surface area contributed by atoms with Crippen molar-refractivity contribution in [2.75, 3.05) is 39.0 Å². The number of hydrogen-bond acceptors (Lipinski definition) is 6. The minimum absolute atomic E-state index is 0.000226. The molecule has 2 aromatic rings. The molecule has 6 nitrogen and oxygen atoms in total. The van der Waals surface area contributed by atoms with Gasteiger partial charge in [0, 0.05) is 37.1 Å². The lowest BCUT2D eigenvalue weighted by Crippen LogP contribution is -2.47. The van der Waals surface area contributed by atoms with Crippen molar-refractivity contribution in [3.63, 3.8) is 0 Å². The van der Waals surface area contributed by atoms with E-state index in [-0.39, 0.29) is 17.5 Å². The molecule has 1 amide bonds. The highest BCUT2D eigenvalue weighted by Crippen LogP contribution is 2.29. The standard InChI is InChI=1S/C18H26N4O2S2/c1-11(2)22-17(24)15-12(3)13(4)26-16(15)19-18(22)25-10-14(23)21-8-6-20(5)7-9-21/h11H,6-10H2,1-5H3. The van der Waals surface area contributed by atoms with Crippen molar-refractivity contribution in [2.45, 2.75) is 38.9 Å². The van der Waals surface area contributed by atoms with Gasteiger partial charge in [-0.05, 0) is 40.3 Å². The van der Waals surface area contributed by atoms with E-state index in [1.54, 1.807) is 15.9 Å². The van der Waals surface area contributed by atoms with Gasteiger partial charge in [0.05, 0.1) is 11.1 Å². The molecule has 0 aromatic carbocycles. The summed E-state index contributed by atoms with van der Waals surface area (Å²) < 4.78 is 1.73. The first-order valence-electron chi connectivity index (χ1n) is 8.91. The van der Waals surface area contributed by atoms with E-state index < -0.39 is 0 Å². The van der Waals surface area contributed by atoms with Crippen LogP contribution in [0.15, 0.2) is 9.95 Å². The van der Waals surface area contributed by atoms with Crippen LogP contribution in [0, 0.1) is 13.8 Å². The molecule has 26 heavy (non-hydrogen) atoms. The maximum Gasteiger partial charge on any atom is 0.263 e. The number of aromatic nitrogens is 2. The Hall–Kier alpha value is -1.38. The second kappa shape index (κ2) is 7.70. The molecule has 0 radical (unpaired) electrons. The molecule has 142 valence electrons. The summed E-state index contributed by atoms with van der Waals surface area (Å²) in [6, 6.07) is 0.000226. The number of thiophene rings is 1. The fourth-order valence-corrected chi connectivity index (χ4v) is 5.22. The summed E-state index contributed by atoms with van der Waals surface area (Å²) in [5.74, 6) is 0.434. The Morgan fingerprint density at radius 2 is 1.88 bits per heavy atom. The van der Waals surface area contributed by atoms with Crippen molar-refractivity contribution < 1.29 is 4.79 Å². The third-order valence-corrected chi connectivity index (χ3v) is 6.94. The molecule has 0 aliphatic carbocycles. The second-order valence-corrected chi connectivity index (χ2v) is 9.25. The van der Waals surface area contributed by atoms with Crippen LogP contribution < -0.4 is 5.56 Å². The number of nitrogens with zero attached hydrogens (tertiary/aromatic N) is 4. The summed E-state index contributed by atoms with van der Waals surface area (Å²) in [6.07, 6.45) is 0. The monoisotopic (exact) mass is 394 g/mol. The molecular weight excluding hydrogens is 368 g/mol. The zero-order valence-electron chi connectivity index (χ0n) is 16.0. The Bertz CT molecular complexity index is 879. The Kier molecular flexibility index (Phi) is 5.74. The highest BCUT2D eigenvalue weighted by atomic mass is 32.2. The topological polar surface area (TPSA) is 58.4 Å². The van der Waals surface area contributed by atoms with Crippen molar-refractivity contribution in [2.24, 2.45) is 0 Å². The molecule has 3 heterocycles. The Morgan fingerprint density at radius 3 is 2.50 bits per heavy atom. The molecule has 0 atom stereocenters. The lowest BCUT2D eigenvalue weighted by Gasteiger charge is -2.32. The highest BCUT2D eigenvalue weighted by molar-refractivity contribution is 7.99. The van der Waals surface area contributed by atoms with Crippen LogP contribution >= 0.6 is 23.1 Å². The van der Waals surface area contributed by atoms with E-state index in [0.717, 1.165) is 46.8 Å². The molecule has 8 heteroatoms. The molecule has 0 N–H and O–H groups in total. The van der Waals surface area contributed by atoms with E-state index in [1.807, 2.05) is 32.6 Å². The lowest BCUT2D eigenvalue weighted by molar-refractivity contribution is -0.129. The molecule has 0 saturated carbocycles. The van der Waals surface area contributed by atoms with Gasteiger partial charge in [-0.25, -0.2) is 4.98 Å². The van der Waals surface area contributed by atoms with Crippen molar-refractivity contribution in [3.05, 3.63) is 20.8 Å². The SMILES string of the molecule is Cc1sc2nc(SCC(=O)N3CCN(C)CC3)n(C(C)C)c(=O)c2c1C. The van der Waals surface area contributed by atoms with Crippen LogP contribution in [-0.2, 0) is 4.79 Å². The first-order chi connectivity index (χ1) is 12.3. The van der Waals surface area contributed by atoms with Gasteiger partial charge in [-0.3, -0.25) is 14.2 Å². The van der Waals surface area contributed by atoms with E-state index in [9.17, 15) is 9.59 Å².